The molecule has 0 aliphatic carbocycles. The van der Waals surface area contributed by atoms with E-state index in [4.69, 9.17) is 0 Å². The lowest BCUT2D eigenvalue weighted by molar-refractivity contribution is -0.150. The number of benzene rings is 1. The number of alkyl halides is 3. The van der Waals surface area contributed by atoms with E-state index in [1.165, 1.54) is 17.0 Å². The van der Waals surface area contributed by atoms with Gasteiger partial charge in [-0.3, -0.25) is 4.90 Å². The summed E-state index contributed by atoms with van der Waals surface area (Å²) in [7, 11) is 0. The van der Waals surface area contributed by atoms with Gasteiger partial charge in [0.05, 0.1) is 6.54 Å². The second-order valence-electron chi connectivity index (χ2n) is 4.35. The maximum absolute atomic E-state index is 12.5. The van der Waals surface area contributed by atoms with Crippen LogP contribution in [0.2, 0.25) is 0 Å². The van der Waals surface area contributed by atoms with Crippen LogP contribution in [0, 0.1) is 0 Å². The van der Waals surface area contributed by atoms with E-state index in [9.17, 15) is 18.3 Å². The fraction of sp³-hybridized carbons (Fsp3) is 0.538. The molecule has 0 amide bonds. The van der Waals surface area contributed by atoms with Gasteiger partial charge >= 0.3 is 6.18 Å². The van der Waals surface area contributed by atoms with Gasteiger partial charge in [-0.1, -0.05) is 19.1 Å². The van der Waals surface area contributed by atoms with Crippen LogP contribution in [0.25, 0.3) is 0 Å². The van der Waals surface area contributed by atoms with E-state index >= 15 is 0 Å². The van der Waals surface area contributed by atoms with E-state index in [2.05, 4.69) is 0 Å². The summed E-state index contributed by atoms with van der Waals surface area (Å²) in [6.07, 6.45) is -3.53. The van der Waals surface area contributed by atoms with Gasteiger partial charge in [-0.2, -0.15) is 13.2 Å². The minimum Gasteiger partial charge on any atom is -0.508 e. The third kappa shape index (κ3) is 4.56. The molecule has 18 heavy (non-hydrogen) atoms. The van der Waals surface area contributed by atoms with Gasteiger partial charge in [0.2, 0.25) is 0 Å². The van der Waals surface area contributed by atoms with E-state index in [-0.39, 0.29) is 11.8 Å². The maximum Gasteiger partial charge on any atom is 0.401 e. The first kappa shape index (κ1) is 14.8. The molecule has 5 heteroatoms. The summed E-state index contributed by atoms with van der Waals surface area (Å²) in [5.41, 5.74) is 0.769. The Labute approximate surface area is 105 Å². The van der Waals surface area contributed by atoms with Crippen molar-refractivity contribution in [2.45, 2.75) is 32.5 Å². The van der Waals surface area contributed by atoms with Crippen molar-refractivity contribution in [2.24, 2.45) is 0 Å². The SMILES string of the molecule is CCCN(CC(F)(F)F)C(C)c1ccc(O)cc1. The van der Waals surface area contributed by atoms with Crippen molar-refractivity contribution in [3.63, 3.8) is 0 Å². The summed E-state index contributed by atoms with van der Waals surface area (Å²) in [5.74, 6) is 0.115. The van der Waals surface area contributed by atoms with Gasteiger partial charge in [-0.05, 0) is 37.6 Å². The predicted molar refractivity (Wildman–Crippen MR) is 64.4 cm³/mol. The van der Waals surface area contributed by atoms with Crippen LogP contribution in [-0.4, -0.2) is 29.3 Å². The summed E-state index contributed by atoms with van der Waals surface area (Å²) in [4.78, 5) is 1.40. The fourth-order valence-electron chi connectivity index (χ4n) is 1.89. The van der Waals surface area contributed by atoms with Gasteiger partial charge < -0.3 is 5.11 Å². The number of hydrogen-bond donors (Lipinski definition) is 1. The molecule has 0 radical (unpaired) electrons. The standard InChI is InChI=1S/C13H18F3NO/c1-3-8-17(9-13(14,15)16)10(2)11-4-6-12(18)7-5-11/h4-7,10,18H,3,8-9H2,1-2H3. The minimum atomic E-state index is -4.19. The normalized spacial score (nSPS) is 13.9. The first-order chi connectivity index (χ1) is 8.33. The monoisotopic (exact) mass is 261 g/mol. The van der Waals surface area contributed by atoms with Crippen LogP contribution in [0.4, 0.5) is 13.2 Å². The Kier molecular flexibility index (Phi) is 5.02. The molecule has 1 aromatic rings. The highest BCUT2D eigenvalue weighted by Gasteiger charge is 2.32. The number of hydrogen-bond acceptors (Lipinski definition) is 2. The summed E-state index contributed by atoms with van der Waals surface area (Å²) in [5, 5.41) is 9.17. The molecule has 1 aromatic carbocycles. The van der Waals surface area contributed by atoms with Crippen LogP contribution in [0.1, 0.15) is 31.9 Å². The quantitative estimate of drug-likeness (QED) is 0.873. The molecule has 1 rings (SSSR count). The molecule has 2 nitrogen and oxygen atoms in total. The van der Waals surface area contributed by atoms with Crippen LogP contribution >= 0.6 is 0 Å². The average molecular weight is 261 g/mol. The van der Waals surface area contributed by atoms with Crippen LogP contribution in [0.5, 0.6) is 5.75 Å². The first-order valence-electron chi connectivity index (χ1n) is 5.93. The van der Waals surface area contributed by atoms with Crippen molar-refractivity contribution >= 4 is 0 Å². The van der Waals surface area contributed by atoms with E-state index in [1.54, 1.807) is 19.1 Å². The molecule has 0 aliphatic rings. The Balaban J connectivity index is 2.81. The second-order valence-corrected chi connectivity index (χ2v) is 4.35. The Morgan fingerprint density at radius 1 is 1.22 bits per heavy atom. The third-order valence-electron chi connectivity index (χ3n) is 2.82. The fourth-order valence-corrected chi connectivity index (χ4v) is 1.89. The zero-order valence-corrected chi connectivity index (χ0v) is 10.5. The van der Waals surface area contributed by atoms with Crippen molar-refractivity contribution in [1.82, 2.24) is 4.90 Å². The molecular formula is C13H18F3NO. The van der Waals surface area contributed by atoms with Gasteiger partial charge in [-0.15, -0.1) is 0 Å². The zero-order chi connectivity index (χ0) is 13.8. The summed E-state index contributed by atoms with van der Waals surface area (Å²) < 4.78 is 37.5. The summed E-state index contributed by atoms with van der Waals surface area (Å²) in [6.45, 7) is 3.07. The minimum absolute atomic E-state index is 0.115. The first-order valence-corrected chi connectivity index (χ1v) is 5.93. The molecule has 0 saturated carbocycles. The molecule has 0 aromatic heterocycles. The Bertz CT molecular complexity index is 361. The zero-order valence-electron chi connectivity index (χ0n) is 10.5. The molecule has 102 valence electrons. The highest BCUT2D eigenvalue weighted by molar-refractivity contribution is 5.27. The Morgan fingerprint density at radius 3 is 2.22 bits per heavy atom. The van der Waals surface area contributed by atoms with Crippen molar-refractivity contribution in [1.29, 1.82) is 0 Å². The van der Waals surface area contributed by atoms with Crippen molar-refractivity contribution < 1.29 is 18.3 Å². The van der Waals surface area contributed by atoms with E-state index < -0.39 is 12.7 Å². The van der Waals surface area contributed by atoms with Gasteiger partial charge in [0.25, 0.3) is 0 Å². The molecule has 0 bridgehead atoms. The molecule has 0 spiro atoms. The Hall–Kier alpha value is -1.23. The van der Waals surface area contributed by atoms with E-state index in [0.29, 0.717) is 13.0 Å². The molecule has 0 saturated heterocycles. The summed E-state index contributed by atoms with van der Waals surface area (Å²) >= 11 is 0. The van der Waals surface area contributed by atoms with Crippen LogP contribution in [0.15, 0.2) is 24.3 Å². The third-order valence-corrected chi connectivity index (χ3v) is 2.82. The predicted octanol–water partition coefficient (Wildman–Crippen LogP) is 3.73. The van der Waals surface area contributed by atoms with Gasteiger partial charge in [0.1, 0.15) is 5.75 Å². The number of rotatable bonds is 5. The smallest absolute Gasteiger partial charge is 0.401 e. The second kappa shape index (κ2) is 6.09. The van der Waals surface area contributed by atoms with E-state index in [0.717, 1.165) is 5.56 Å². The Morgan fingerprint density at radius 2 is 1.78 bits per heavy atom. The van der Waals surface area contributed by atoms with Crippen LogP contribution in [0.3, 0.4) is 0 Å². The number of halogens is 3. The van der Waals surface area contributed by atoms with E-state index in [1.807, 2.05) is 6.92 Å². The lowest BCUT2D eigenvalue weighted by Crippen LogP contribution is -2.36. The largest absolute Gasteiger partial charge is 0.508 e. The highest BCUT2D eigenvalue weighted by Crippen LogP contribution is 2.26. The molecule has 1 unspecified atom stereocenters. The number of aromatic hydroxyl groups is 1. The molecular weight excluding hydrogens is 243 g/mol. The van der Waals surface area contributed by atoms with Crippen LogP contribution < -0.4 is 0 Å². The van der Waals surface area contributed by atoms with Crippen LogP contribution in [-0.2, 0) is 0 Å². The number of phenols is 1. The van der Waals surface area contributed by atoms with Gasteiger partial charge in [0.15, 0.2) is 0 Å². The number of nitrogens with zero attached hydrogens (tertiary/aromatic N) is 1. The highest BCUT2D eigenvalue weighted by atomic mass is 19.4. The topological polar surface area (TPSA) is 23.5 Å². The molecule has 0 aliphatic heterocycles. The molecule has 1 atom stereocenters. The lowest BCUT2D eigenvalue weighted by atomic mass is 10.1. The molecule has 0 heterocycles. The average Bonchev–Trinajstić information content (AvgIpc) is 2.27. The molecule has 1 N–H and O–H groups in total. The van der Waals surface area contributed by atoms with Crippen molar-refractivity contribution in [3.05, 3.63) is 29.8 Å². The van der Waals surface area contributed by atoms with Gasteiger partial charge in [0, 0.05) is 6.04 Å². The lowest BCUT2D eigenvalue weighted by Gasteiger charge is -2.29. The maximum atomic E-state index is 12.5. The summed E-state index contributed by atoms with van der Waals surface area (Å²) in [6, 6.07) is 5.96. The van der Waals surface area contributed by atoms with Crippen molar-refractivity contribution in [3.8, 4) is 5.75 Å². The van der Waals surface area contributed by atoms with Gasteiger partial charge in [-0.25, -0.2) is 0 Å². The number of phenolic OH excluding ortho intramolecular Hbond substituents is 1. The molecule has 0 fully saturated rings. The van der Waals surface area contributed by atoms with Crippen molar-refractivity contribution in [2.75, 3.05) is 13.1 Å².